The number of rotatable bonds is 4. The van der Waals surface area contributed by atoms with Crippen LogP contribution in [0.5, 0.6) is 0 Å². The second-order valence-corrected chi connectivity index (χ2v) is 6.57. The highest BCUT2D eigenvalue weighted by atomic mass is 16.4. The maximum atomic E-state index is 11.3. The van der Waals surface area contributed by atoms with Gasteiger partial charge >= 0.3 is 5.97 Å². The van der Waals surface area contributed by atoms with Gasteiger partial charge in [-0.15, -0.1) is 0 Å². The number of nitrogens with zero attached hydrogens (tertiary/aromatic N) is 2. The minimum Gasteiger partial charge on any atom is -0.480 e. The average molecular weight is 269 g/mol. The zero-order valence-electron chi connectivity index (χ0n) is 12.1. The molecule has 2 aliphatic rings. The molecule has 0 spiro atoms. The molecule has 3 unspecified atom stereocenters. The molecular weight excluding hydrogens is 242 g/mol. The molecule has 0 aromatic rings. The molecule has 3 N–H and O–H groups in total. The van der Waals surface area contributed by atoms with E-state index in [0.29, 0.717) is 24.8 Å². The predicted molar refractivity (Wildman–Crippen MR) is 75.0 cm³/mol. The van der Waals surface area contributed by atoms with Crippen LogP contribution in [0.3, 0.4) is 0 Å². The van der Waals surface area contributed by atoms with Gasteiger partial charge in [-0.1, -0.05) is 0 Å². The Balaban J connectivity index is 1.88. The summed E-state index contributed by atoms with van der Waals surface area (Å²) in [6, 6.07) is 0.320. The lowest BCUT2D eigenvalue weighted by Crippen LogP contribution is -2.55. The van der Waals surface area contributed by atoms with E-state index in [9.17, 15) is 9.90 Å². The fourth-order valence-corrected chi connectivity index (χ4v) is 3.58. The van der Waals surface area contributed by atoms with E-state index in [1.54, 1.807) is 0 Å². The Morgan fingerprint density at radius 3 is 2.84 bits per heavy atom. The molecule has 1 saturated carbocycles. The largest absolute Gasteiger partial charge is 0.480 e. The fraction of sp³-hybridized carbons (Fsp3) is 0.929. The Morgan fingerprint density at radius 1 is 1.53 bits per heavy atom. The molecule has 110 valence electrons. The smallest absolute Gasteiger partial charge is 0.323 e. The van der Waals surface area contributed by atoms with Gasteiger partial charge in [0.15, 0.2) is 0 Å². The minimum absolute atomic E-state index is 0.320. The summed E-state index contributed by atoms with van der Waals surface area (Å²) < 4.78 is 0. The van der Waals surface area contributed by atoms with Crippen molar-refractivity contribution in [1.29, 1.82) is 0 Å². The maximum Gasteiger partial charge on any atom is 0.323 e. The Kier molecular flexibility index (Phi) is 4.48. The normalized spacial score (nSPS) is 36.8. The molecule has 0 radical (unpaired) electrons. The van der Waals surface area contributed by atoms with Gasteiger partial charge in [0.25, 0.3) is 0 Å². The molecule has 1 aliphatic carbocycles. The van der Waals surface area contributed by atoms with Gasteiger partial charge in [-0.2, -0.15) is 0 Å². The second-order valence-electron chi connectivity index (χ2n) is 6.57. The summed E-state index contributed by atoms with van der Waals surface area (Å²) in [5, 5.41) is 9.27. The first-order chi connectivity index (χ1) is 8.90. The first kappa shape index (κ1) is 14.8. The van der Waals surface area contributed by atoms with Gasteiger partial charge in [0.05, 0.1) is 0 Å². The molecule has 1 heterocycles. The first-order valence-corrected chi connectivity index (χ1v) is 7.32. The highest BCUT2D eigenvalue weighted by molar-refractivity contribution is 5.78. The predicted octanol–water partition coefficient (Wildman–Crippen LogP) is 0.595. The summed E-state index contributed by atoms with van der Waals surface area (Å²) in [6.07, 6.45) is 4.44. The Labute approximate surface area is 115 Å². The SMILES string of the molecule is CN1CCC(CN(C)C2CCCC(N)(C(=O)O)C2)C1. The molecule has 0 bridgehead atoms. The molecule has 0 aromatic carbocycles. The molecule has 3 atom stereocenters. The van der Waals surface area contributed by atoms with Crippen LogP contribution in [0.4, 0.5) is 0 Å². The van der Waals surface area contributed by atoms with E-state index in [1.165, 1.54) is 13.0 Å². The van der Waals surface area contributed by atoms with Crippen LogP contribution in [0, 0.1) is 5.92 Å². The van der Waals surface area contributed by atoms with E-state index >= 15 is 0 Å². The zero-order valence-corrected chi connectivity index (χ0v) is 12.1. The Morgan fingerprint density at radius 2 is 2.26 bits per heavy atom. The number of aliphatic carboxylic acids is 1. The monoisotopic (exact) mass is 269 g/mol. The third kappa shape index (κ3) is 3.46. The number of hydrogen-bond donors (Lipinski definition) is 2. The van der Waals surface area contributed by atoms with Crippen molar-refractivity contribution < 1.29 is 9.90 Å². The highest BCUT2D eigenvalue weighted by Crippen LogP contribution is 2.30. The molecule has 1 saturated heterocycles. The quantitative estimate of drug-likeness (QED) is 0.782. The molecule has 0 aromatic heterocycles. The van der Waals surface area contributed by atoms with Gasteiger partial charge in [-0.25, -0.2) is 0 Å². The highest BCUT2D eigenvalue weighted by Gasteiger charge is 2.40. The summed E-state index contributed by atoms with van der Waals surface area (Å²) >= 11 is 0. The number of carboxylic acid groups (broad SMARTS) is 1. The third-order valence-corrected chi connectivity index (χ3v) is 4.84. The van der Waals surface area contributed by atoms with Gasteiger partial charge in [0, 0.05) is 19.1 Å². The van der Waals surface area contributed by atoms with Gasteiger partial charge < -0.3 is 20.6 Å². The summed E-state index contributed by atoms with van der Waals surface area (Å²) in [4.78, 5) is 16.0. The van der Waals surface area contributed by atoms with E-state index in [4.69, 9.17) is 5.73 Å². The van der Waals surface area contributed by atoms with Crippen LogP contribution in [0.25, 0.3) is 0 Å². The minimum atomic E-state index is -1.01. The maximum absolute atomic E-state index is 11.3. The Bertz CT molecular complexity index is 337. The lowest BCUT2D eigenvalue weighted by atomic mass is 9.79. The lowest BCUT2D eigenvalue weighted by molar-refractivity contribution is -0.145. The van der Waals surface area contributed by atoms with Crippen LogP contribution in [0.15, 0.2) is 0 Å². The van der Waals surface area contributed by atoms with Crippen LogP contribution >= 0.6 is 0 Å². The van der Waals surface area contributed by atoms with Crippen molar-refractivity contribution in [3.8, 4) is 0 Å². The van der Waals surface area contributed by atoms with Crippen LogP contribution in [0.2, 0.25) is 0 Å². The number of nitrogens with two attached hydrogens (primary N) is 1. The number of carbonyl (C=O) groups is 1. The van der Waals surface area contributed by atoms with Crippen molar-refractivity contribution >= 4 is 5.97 Å². The van der Waals surface area contributed by atoms with Crippen molar-refractivity contribution in [2.24, 2.45) is 11.7 Å². The number of hydrogen-bond acceptors (Lipinski definition) is 4. The summed E-state index contributed by atoms with van der Waals surface area (Å²) in [5.74, 6) is -0.125. The summed E-state index contributed by atoms with van der Waals surface area (Å²) in [7, 11) is 4.28. The van der Waals surface area contributed by atoms with Gasteiger partial charge in [0.2, 0.25) is 0 Å². The van der Waals surface area contributed by atoms with Crippen molar-refractivity contribution in [2.75, 3.05) is 33.7 Å². The topological polar surface area (TPSA) is 69.8 Å². The van der Waals surface area contributed by atoms with Gasteiger partial charge in [-0.05, 0) is 58.7 Å². The number of carboxylic acids is 1. The van der Waals surface area contributed by atoms with Crippen molar-refractivity contribution in [2.45, 2.75) is 43.7 Å². The average Bonchev–Trinajstić information content (AvgIpc) is 2.74. The van der Waals surface area contributed by atoms with Crippen LogP contribution in [-0.4, -0.2) is 66.2 Å². The van der Waals surface area contributed by atoms with E-state index in [1.807, 2.05) is 0 Å². The summed E-state index contributed by atoms with van der Waals surface area (Å²) in [5.41, 5.74) is 5.02. The van der Waals surface area contributed by atoms with E-state index in [-0.39, 0.29) is 0 Å². The van der Waals surface area contributed by atoms with Crippen molar-refractivity contribution in [3.63, 3.8) is 0 Å². The standard InChI is InChI=1S/C14H27N3O2/c1-16-7-5-11(9-16)10-17(2)12-4-3-6-14(15,8-12)13(18)19/h11-12H,3-10,15H2,1-2H3,(H,18,19). The third-order valence-electron chi connectivity index (χ3n) is 4.84. The molecule has 19 heavy (non-hydrogen) atoms. The molecule has 2 rings (SSSR count). The summed E-state index contributed by atoms with van der Waals surface area (Å²) in [6.45, 7) is 3.40. The molecule has 1 aliphatic heterocycles. The van der Waals surface area contributed by atoms with E-state index in [0.717, 1.165) is 25.9 Å². The van der Waals surface area contributed by atoms with Crippen LogP contribution < -0.4 is 5.73 Å². The molecule has 5 nitrogen and oxygen atoms in total. The van der Waals surface area contributed by atoms with Crippen molar-refractivity contribution in [1.82, 2.24) is 9.80 Å². The molecular formula is C14H27N3O2. The van der Waals surface area contributed by atoms with Crippen LogP contribution in [0.1, 0.15) is 32.1 Å². The molecule has 2 fully saturated rings. The van der Waals surface area contributed by atoms with E-state index in [2.05, 4.69) is 23.9 Å². The van der Waals surface area contributed by atoms with Crippen molar-refractivity contribution in [3.05, 3.63) is 0 Å². The number of likely N-dealkylation sites (tertiary alicyclic amines) is 1. The van der Waals surface area contributed by atoms with E-state index < -0.39 is 11.5 Å². The molecule has 5 heteroatoms. The van der Waals surface area contributed by atoms with Crippen LogP contribution in [-0.2, 0) is 4.79 Å². The molecule has 0 amide bonds. The first-order valence-electron chi connectivity index (χ1n) is 7.32. The Hall–Kier alpha value is -0.650. The fourth-order valence-electron chi connectivity index (χ4n) is 3.58. The second kappa shape index (κ2) is 5.77. The van der Waals surface area contributed by atoms with Gasteiger partial charge in [-0.3, -0.25) is 4.79 Å². The lowest BCUT2D eigenvalue weighted by Gasteiger charge is -2.39. The zero-order chi connectivity index (χ0) is 14.0. The van der Waals surface area contributed by atoms with Gasteiger partial charge in [0.1, 0.15) is 5.54 Å².